The third-order valence-corrected chi connectivity index (χ3v) is 8.83. The standard InChI is InChI=1S/C27H43F2N3O3SSi/c1-10-13-27(6,19(2)22(17-28)21-16-20(30)11-12-23(21)29)36-24(31)32(25(33)35-26(3,4)5)18-34-14-15-37(7,8)9/h11-12,16,19,22,31H,14-15,17-18,30H2,1-9H3/t19-,22?,27+/m0/s1. The van der Waals surface area contributed by atoms with Gasteiger partial charge in [-0.05, 0) is 70.3 Å². The fourth-order valence-electron chi connectivity index (χ4n) is 3.50. The summed E-state index contributed by atoms with van der Waals surface area (Å²) in [7, 11) is -1.36. The minimum absolute atomic E-state index is 0.148. The van der Waals surface area contributed by atoms with E-state index < -0.39 is 48.8 Å². The number of carbonyl (C=O) groups is 1. The molecule has 0 spiro atoms. The molecule has 1 unspecified atom stereocenters. The fraction of sp³-hybridized carbons (Fsp3) is 0.630. The van der Waals surface area contributed by atoms with E-state index in [4.69, 9.17) is 20.6 Å². The smallest absolute Gasteiger partial charge is 0.418 e. The molecule has 6 nitrogen and oxygen atoms in total. The maximum absolute atomic E-state index is 14.7. The quantitative estimate of drug-likeness (QED) is 0.0612. The van der Waals surface area contributed by atoms with Crippen LogP contribution in [0.1, 0.15) is 53.0 Å². The zero-order chi connectivity index (χ0) is 28.6. The van der Waals surface area contributed by atoms with Gasteiger partial charge in [-0.2, -0.15) is 0 Å². The second-order valence-corrected chi connectivity index (χ2v) is 18.5. The van der Waals surface area contributed by atoms with Crippen molar-refractivity contribution in [2.24, 2.45) is 5.92 Å². The molecule has 0 saturated heterocycles. The van der Waals surface area contributed by atoms with Crippen LogP contribution < -0.4 is 5.73 Å². The Morgan fingerprint density at radius 1 is 1.27 bits per heavy atom. The van der Waals surface area contributed by atoms with Crippen LogP contribution in [0.3, 0.4) is 0 Å². The maximum Gasteiger partial charge on any atom is 0.418 e. The Bertz CT molecular complexity index is 1000. The number of amidine groups is 1. The highest BCUT2D eigenvalue weighted by molar-refractivity contribution is 8.15. The SMILES string of the molecule is CC#C[C@@](C)(SC(=N)N(COCC[Si](C)(C)C)C(=O)OC(C)(C)C)[C@@H](C)C(CF)c1cc(N)ccc1F. The topological polar surface area (TPSA) is 88.6 Å². The summed E-state index contributed by atoms with van der Waals surface area (Å²) in [6.45, 7) is 16.5. The number of carbonyl (C=O) groups excluding carboxylic acids is 1. The van der Waals surface area contributed by atoms with E-state index in [1.54, 1.807) is 41.5 Å². The lowest BCUT2D eigenvalue weighted by atomic mass is 9.79. The van der Waals surface area contributed by atoms with Gasteiger partial charge < -0.3 is 15.2 Å². The Labute approximate surface area is 226 Å². The number of amides is 1. The van der Waals surface area contributed by atoms with Gasteiger partial charge in [-0.25, -0.2) is 14.1 Å². The van der Waals surface area contributed by atoms with E-state index in [-0.39, 0.29) is 17.5 Å². The highest BCUT2D eigenvalue weighted by Gasteiger charge is 2.40. The minimum atomic E-state index is -1.36. The molecule has 0 aliphatic carbocycles. The van der Waals surface area contributed by atoms with Gasteiger partial charge in [-0.15, -0.1) is 5.92 Å². The lowest BCUT2D eigenvalue weighted by Crippen LogP contribution is -2.44. The number of thioether (sulfide) groups is 1. The summed E-state index contributed by atoms with van der Waals surface area (Å²) in [5.41, 5.74) is 5.56. The lowest BCUT2D eigenvalue weighted by Gasteiger charge is -2.37. The molecule has 0 saturated carbocycles. The van der Waals surface area contributed by atoms with Crippen molar-refractivity contribution in [2.45, 2.75) is 83.5 Å². The number of alkyl halides is 1. The molecule has 0 aromatic heterocycles. The Kier molecular flexibility index (Phi) is 12.1. The zero-order valence-corrected chi connectivity index (χ0v) is 25.4. The number of halogens is 2. The van der Waals surface area contributed by atoms with E-state index in [0.717, 1.165) is 22.7 Å². The molecule has 0 aliphatic rings. The molecule has 1 rings (SSSR count). The second-order valence-electron chi connectivity index (χ2n) is 11.5. The summed E-state index contributed by atoms with van der Waals surface area (Å²) >= 11 is 0.997. The summed E-state index contributed by atoms with van der Waals surface area (Å²) in [6, 6.07) is 4.98. The molecule has 1 aromatic rings. The first-order valence-electron chi connectivity index (χ1n) is 12.3. The van der Waals surface area contributed by atoms with Crippen LogP contribution in [0, 0.1) is 29.0 Å². The molecule has 3 atom stereocenters. The Morgan fingerprint density at radius 2 is 1.89 bits per heavy atom. The van der Waals surface area contributed by atoms with Crippen LogP contribution in [0.5, 0.6) is 0 Å². The highest BCUT2D eigenvalue weighted by Crippen LogP contribution is 2.43. The molecule has 1 aromatic carbocycles. The summed E-state index contributed by atoms with van der Waals surface area (Å²) in [5, 5.41) is 8.66. The van der Waals surface area contributed by atoms with Crippen LogP contribution in [-0.2, 0) is 9.47 Å². The molecule has 10 heteroatoms. The van der Waals surface area contributed by atoms with Crippen LogP contribution in [0.15, 0.2) is 18.2 Å². The number of nitrogen functional groups attached to an aromatic ring is 1. The van der Waals surface area contributed by atoms with E-state index in [9.17, 15) is 13.6 Å². The summed E-state index contributed by atoms with van der Waals surface area (Å²) in [6.07, 6.45) is -0.721. The Balaban J connectivity index is 3.27. The van der Waals surface area contributed by atoms with Gasteiger partial charge in [0, 0.05) is 26.3 Å². The fourth-order valence-corrected chi connectivity index (χ4v) is 5.40. The van der Waals surface area contributed by atoms with E-state index in [2.05, 4.69) is 31.5 Å². The number of anilines is 1. The average molecular weight is 556 g/mol. The van der Waals surface area contributed by atoms with Crippen molar-refractivity contribution >= 4 is 36.8 Å². The number of benzene rings is 1. The number of nitrogens with one attached hydrogen (secondary N) is 1. The summed E-state index contributed by atoms with van der Waals surface area (Å²) < 4.78 is 39.3. The van der Waals surface area contributed by atoms with Crippen LogP contribution >= 0.6 is 11.8 Å². The third-order valence-electron chi connectivity index (χ3n) is 5.82. The zero-order valence-electron chi connectivity index (χ0n) is 23.6. The molecule has 37 heavy (non-hydrogen) atoms. The van der Waals surface area contributed by atoms with Crippen molar-refractivity contribution in [3.63, 3.8) is 0 Å². The predicted octanol–water partition coefficient (Wildman–Crippen LogP) is 7.10. The first-order valence-corrected chi connectivity index (χ1v) is 16.9. The molecular weight excluding hydrogens is 512 g/mol. The van der Waals surface area contributed by atoms with Gasteiger partial charge in [0.2, 0.25) is 0 Å². The van der Waals surface area contributed by atoms with Crippen molar-refractivity contribution < 1.29 is 23.0 Å². The van der Waals surface area contributed by atoms with E-state index in [1.807, 2.05) is 0 Å². The van der Waals surface area contributed by atoms with Gasteiger partial charge in [-0.1, -0.05) is 44.2 Å². The van der Waals surface area contributed by atoms with Crippen LogP contribution in [0.2, 0.25) is 25.7 Å². The number of rotatable bonds is 10. The van der Waals surface area contributed by atoms with Gasteiger partial charge in [0.25, 0.3) is 0 Å². The number of ether oxygens (including phenoxy) is 2. The van der Waals surface area contributed by atoms with Crippen molar-refractivity contribution in [2.75, 3.05) is 25.7 Å². The van der Waals surface area contributed by atoms with Crippen molar-refractivity contribution in [3.8, 4) is 11.8 Å². The number of nitrogens with zero attached hydrogens (tertiary/aromatic N) is 1. The molecule has 3 N–H and O–H groups in total. The number of nitrogens with two attached hydrogens (primary N) is 1. The van der Waals surface area contributed by atoms with Crippen molar-refractivity contribution in [1.82, 2.24) is 4.90 Å². The van der Waals surface area contributed by atoms with E-state index in [0.29, 0.717) is 12.3 Å². The molecule has 0 aliphatic heterocycles. The molecule has 0 fully saturated rings. The summed E-state index contributed by atoms with van der Waals surface area (Å²) in [4.78, 5) is 14.1. The van der Waals surface area contributed by atoms with E-state index in [1.165, 1.54) is 18.2 Å². The lowest BCUT2D eigenvalue weighted by molar-refractivity contribution is 0.0111. The van der Waals surface area contributed by atoms with Crippen molar-refractivity contribution in [3.05, 3.63) is 29.6 Å². The van der Waals surface area contributed by atoms with Crippen LogP contribution in [0.4, 0.5) is 19.3 Å². The summed E-state index contributed by atoms with van der Waals surface area (Å²) in [5.74, 6) is 3.96. The molecule has 0 radical (unpaired) electrons. The largest absolute Gasteiger partial charge is 0.443 e. The first-order chi connectivity index (χ1) is 16.9. The first kappa shape index (κ1) is 32.9. The van der Waals surface area contributed by atoms with E-state index >= 15 is 0 Å². The Hall–Kier alpha value is -2.09. The molecule has 0 bridgehead atoms. The molecule has 0 heterocycles. The highest BCUT2D eigenvalue weighted by atomic mass is 32.2. The number of hydrogen-bond acceptors (Lipinski definition) is 6. The van der Waals surface area contributed by atoms with Gasteiger partial charge in [0.1, 0.15) is 18.1 Å². The maximum atomic E-state index is 14.7. The van der Waals surface area contributed by atoms with Crippen LogP contribution in [-0.4, -0.2) is 54.6 Å². The predicted molar refractivity (Wildman–Crippen MR) is 153 cm³/mol. The minimum Gasteiger partial charge on any atom is -0.443 e. The van der Waals surface area contributed by atoms with Gasteiger partial charge in [-0.3, -0.25) is 9.80 Å². The molecular formula is C27H43F2N3O3SSi. The second kappa shape index (κ2) is 13.6. The Morgan fingerprint density at radius 3 is 2.41 bits per heavy atom. The van der Waals surface area contributed by atoms with Crippen molar-refractivity contribution in [1.29, 1.82) is 5.41 Å². The molecule has 208 valence electrons. The molecule has 1 amide bonds. The van der Waals surface area contributed by atoms with Crippen LogP contribution in [0.25, 0.3) is 0 Å². The van der Waals surface area contributed by atoms with Gasteiger partial charge >= 0.3 is 6.09 Å². The monoisotopic (exact) mass is 555 g/mol. The number of hydrogen-bond donors (Lipinski definition) is 2. The van der Waals surface area contributed by atoms with Gasteiger partial charge in [0.15, 0.2) is 5.17 Å². The average Bonchev–Trinajstić information content (AvgIpc) is 2.74. The normalized spacial score (nSPS) is 15.1. The third kappa shape index (κ3) is 10.7. The van der Waals surface area contributed by atoms with Gasteiger partial charge in [0.05, 0.1) is 11.4 Å².